The summed E-state index contributed by atoms with van der Waals surface area (Å²) in [7, 11) is 1.85. The van der Waals surface area contributed by atoms with Gasteiger partial charge in [0.15, 0.2) is 5.82 Å². The number of aryl methyl sites for hydroxylation is 1. The van der Waals surface area contributed by atoms with Crippen LogP contribution in [0.1, 0.15) is 0 Å². The minimum Gasteiger partial charge on any atom is -0.248 e. The smallest absolute Gasteiger partial charge is 0.167 e. The van der Waals surface area contributed by atoms with E-state index in [1.807, 2.05) is 13.1 Å². The maximum Gasteiger partial charge on any atom is 0.167 e. The van der Waals surface area contributed by atoms with Crippen molar-refractivity contribution in [2.75, 3.05) is 0 Å². The Hall–Kier alpha value is -0.390. The molecule has 0 saturated carbocycles. The van der Waals surface area contributed by atoms with Crippen LogP contribution in [0.25, 0.3) is 10.7 Å². The summed E-state index contributed by atoms with van der Waals surface area (Å²) >= 11 is 10.8. The van der Waals surface area contributed by atoms with E-state index in [-0.39, 0.29) is 0 Å². The maximum absolute atomic E-state index is 5.90. The largest absolute Gasteiger partial charge is 0.248 e. The van der Waals surface area contributed by atoms with Gasteiger partial charge < -0.3 is 0 Å². The van der Waals surface area contributed by atoms with Gasteiger partial charge in [0, 0.05) is 7.05 Å². The fraction of sp³-hybridized carbons (Fsp3) is 0.143. The molecule has 0 N–H and O–H groups in total. The zero-order valence-corrected chi connectivity index (χ0v) is 9.82. The molecule has 2 aromatic rings. The highest BCUT2D eigenvalue weighted by Crippen LogP contribution is 2.36. The molecular weight excluding hydrogens is 274 g/mol. The summed E-state index contributed by atoms with van der Waals surface area (Å²) in [5, 5.41) is 4.70. The van der Waals surface area contributed by atoms with E-state index in [1.54, 1.807) is 16.0 Å². The Morgan fingerprint density at radius 3 is 2.85 bits per heavy atom. The lowest BCUT2D eigenvalue weighted by Gasteiger charge is -1.93. The summed E-state index contributed by atoms with van der Waals surface area (Å²) in [6.07, 6.45) is 1.52. The van der Waals surface area contributed by atoms with Crippen molar-refractivity contribution >= 4 is 38.9 Å². The molecule has 0 aromatic carbocycles. The average molecular weight is 279 g/mol. The van der Waals surface area contributed by atoms with Crippen LogP contribution in [-0.2, 0) is 7.05 Å². The van der Waals surface area contributed by atoms with Crippen LogP contribution in [0, 0.1) is 0 Å². The number of hydrogen-bond acceptors (Lipinski definition) is 3. The van der Waals surface area contributed by atoms with E-state index < -0.39 is 0 Å². The quantitative estimate of drug-likeness (QED) is 0.803. The number of rotatable bonds is 1. The summed E-state index contributed by atoms with van der Waals surface area (Å²) in [6.45, 7) is 0. The topological polar surface area (TPSA) is 30.7 Å². The van der Waals surface area contributed by atoms with Gasteiger partial charge in [-0.1, -0.05) is 11.6 Å². The molecule has 0 aliphatic carbocycles. The van der Waals surface area contributed by atoms with Crippen molar-refractivity contribution in [3.63, 3.8) is 0 Å². The standard InChI is InChI=1S/C7H5BrClN3S/c1-12-7(10-3-11-12)5-2-4(9)6(8)13-5/h2-3H,1H3. The first-order valence-corrected chi connectivity index (χ1v) is 5.46. The Labute approximate surface area is 92.5 Å². The third-order valence-electron chi connectivity index (χ3n) is 1.58. The molecule has 0 radical (unpaired) electrons. The van der Waals surface area contributed by atoms with Crippen molar-refractivity contribution in [3.05, 3.63) is 21.2 Å². The molecule has 6 heteroatoms. The van der Waals surface area contributed by atoms with Crippen LogP contribution in [0.2, 0.25) is 5.02 Å². The third-order valence-corrected chi connectivity index (χ3v) is 4.05. The van der Waals surface area contributed by atoms with E-state index in [0.29, 0.717) is 5.02 Å². The van der Waals surface area contributed by atoms with Gasteiger partial charge in [0.25, 0.3) is 0 Å². The Bertz CT molecular complexity index is 417. The molecule has 0 fully saturated rings. The third kappa shape index (κ3) is 1.63. The molecule has 0 aliphatic rings. The van der Waals surface area contributed by atoms with Crippen molar-refractivity contribution in [1.82, 2.24) is 14.8 Å². The number of thiophene rings is 1. The Morgan fingerprint density at radius 1 is 1.62 bits per heavy atom. The van der Waals surface area contributed by atoms with Crippen LogP contribution in [0.3, 0.4) is 0 Å². The van der Waals surface area contributed by atoms with E-state index in [4.69, 9.17) is 11.6 Å². The fourth-order valence-electron chi connectivity index (χ4n) is 0.976. The van der Waals surface area contributed by atoms with Gasteiger partial charge in [0.2, 0.25) is 0 Å². The van der Waals surface area contributed by atoms with Gasteiger partial charge >= 0.3 is 0 Å². The van der Waals surface area contributed by atoms with E-state index >= 15 is 0 Å². The molecule has 13 heavy (non-hydrogen) atoms. The highest BCUT2D eigenvalue weighted by atomic mass is 79.9. The van der Waals surface area contributed by atoms with Crippen molar-refractivity contribution < 1.29 is 0 Å². The summed E-state index contributed by atoms with van der Waals surface area (Å²) < 4.78 is 2.64. The van der Waals surface area contributed by atoms with Crippen LogP contribution >= 0.6 is 38.9 Å². The number of nitrogens with zero attached hydrogens (tertiary/aromatic N) is 3. The Balaban J connectivity index is 2.53. The van der Waals surface area contributed by atoms with Crippen molar-refractivity contribution in [1.29, 1.82) is 0 Å². The van der Waals surface area contributed by atoms with E-state index in [0.717, 1.165) is 14.5 Å². The van der Waals surface area contributed by atoms with E-state index in [2.05, 4.69) is 26.0 Å². The van der Waals surface area contributed by atoms with Crippen LogP contribution in [0.5, 0.6) is 0 Å². The zero-order valence-electron chi connectivity index (χ0n) is 6.66. The fourth-order valence-corrected chi connectivity index (χ4v) is 2.71. The first-order chi connectivity index (χ1) is 6.18. The lowest BCUT2D eigenvalue weighted by atomic mass is 10.4. The molecular formula is C7H5BrClN3S. The summed E-state index contributed by atoms with van der Waals surface area (Å²) in [6, 6.07) is 1.88. The van der Waals surface area contributed by atoms with Crippen LogP contribution in [0.15, 0.2) is 16.2 Å². The highest BCUT2D eigenvalue weighted by molar-refractivity contribution is 9.11. The van der Waals surface area contributed by atoms with Gasteiger partial charge in [-0.05, 0) is 22.0 Å². The van der Waals surface area contributed by atoms with Crippen LogP contribution in [-0.4, -0.2) is 14.8 Å². The van der Waals surface area contributed by atoms with Gasteiger partial charge in [0.1, 0.15) is 6.33 Å². The molecule has 3 nitrogen and oxygen atoms in total. The normalized spacial score (nSPS) is 10.7. The molecule has 0 unspecified atom stereocenters. The lowest BCUT2D eigenvalue weighted by Crippen LogP contribution is -1.92. The molecule has 0 bridgehead atoms. The summed E-state index contributed by atoms with van der Waals surface area (Å²) in [5.74, 6) is 0.831. The van der Waals surface area contributed by atoms with E-state index in [9.17, 15) is 0 Å². The second-order valence-corrected chi connectivity index (χ2v) is 5.22. The van der Waals surface area contributed by atoms with Crippen molar-refractivity contribution in [2.45, 2.75) is 0 Å². The summed E-state index contributed by atoms with van der Waals surface area (Å²) in [5.41, 5.74) is 0. The van der Waals surface area contributed by atoms with Crippen LogP contribution in [0.4, 0.5) is 0 Å². The van der Waals surface area contributed by atoms with Crippen molar-refractivity contribution in [3.8, 4) is 10.7 Å². The number of aromatic nitrogens is 3. The van der Waals surface area contributed by atoms with Gasteiger partial charge in [-0.3, -0.25) is 0 Å². The van der Waals surface area contributed by atoms with Gasteiger partial charge in [0.05, 0.1) is 13.7 Å². The molecule has 2 heterocycles. The average Bonchev–Trinajstić information content (AvgIpc) is 2.60. The zero-order chi connectivity index (χ0) is 9.42. The Morgan fingerprint density at radius 2 is 2.38 bits per heavy atom. The Kier molecular flexibility index (Phi) is 2.40. The lowest BCUT2D eigenvalue weighted by molar-refractivity contribution is 0.776. The van der Waals surface area contributed by atoms with Gasteiger partial charge in [-0.25, -0.2) is 9.67 Å². The van der Waals surface area contributed by atoms with Crippen molar-refractivity contribution in [2.24, 2.45) is 7.05 Å². The molecule has 0 spiro atoms. The molecule has 0 atom stereocenters. The second-order valence-electron chi connectivity index (χ2n) is 2.44. The predicted molar refractivity (Wildman–Crippen MR) is 57.0 cm³/mol. The first kappa shape index (κ1) is 9.18. The van der Waals surface area contributed by atoms with Crippen LogP contribution < -0.4 is 0 Å². The number of hydrogen-bond donors (Lipinski definition) is 0. The maximum atomic E-state index is 5.90. The predicted octanol–water partition coefficient (Wildman–Crippen LogP) is 2.96. The first-order valence-electron chi connectivity index (χ1n) is 3.47. The highest BCUT2D eigenvalue weighted by Gasteiger charge is 2.10. The molecule has 0 aliphatic heterocycles. The summed E-state index contributed by atoms with van der Waals surface area (Å²) in [4.78, 5) is 5.13. The minimum absolute atomic E-state index is 0.711. The molecule has 0 saturated heterocycles. The second kappa shape index (κ2) is 3.40. The van der Waals surface area contributed by atoms with E-state index in [1.165, 1.54) is 6.33 Å². The molecule has 0 amide bonds. The molecule has 2 aromatic heterocycles. The molecule has 68 valence electrons. The monoisotopic (exact) mass is 277 g/mol. The number of halogens is 2. The van der Waals surface area contributed by atoms with Gasteiger partial charge in [-0.15, -0.1) is 11.3 Å². The van der Waals surface area contributed by atoms with Gasteiger partial charge in [-0.2, -0.15) is 5.10 Å². The molecule has 2 rings (SSSR count). The SMILES string of the molecule is Cn1ncnc1-c1cc(Cl)c(Br)s1. The minimum atomic E-state index is 0.711.